The van der Waals surface area contributed by atoms with Crippen molar-refractivity contribution in [3.63, 3.8) is 0 Å². The molecule has 4 atom stereocenters. The quantitative estimate of drug-likeness (QED) is 0.288. The summed E-state index contributed by atoms with van der Waals surface area (Å²) in [5.41, 5.74) is 1.51. The topological polar surface area (TPSA) is 143 Å². The molecule has 0 bridgehead atoms. The first kappa shape index (κ1) is 12.9. The van der Waals surface area contributed by atoms with E-state index in [0.717, 1.165) is 4.57 Å². The van der Waals surface area contributed by atoms with E-state index in [0.29, 0.717) is 0 Å². The SMILES string of the molecule is NNc1ccn([C@@H]2O[C@@H](CO)[C@@H](O)[C@H]2O)c(=O)n1. The van der Waals surface area contributed by atoms with Gasteiger partial charge in [0.2, 0.25) is 0 Å². The Kier molecular flexibility index (Phi) is 3.59. The molecular weight excluding hydrogens is 244 g/mol. The number of hydrogen-bond acceptors (Lipinski definition) is 8. The Morgan fingerprint density at radius 1 is 1.50 bits per heavy atom. The van der Waals surface area contributed by atoms with Crippen molar-refractivity contribution in [1.29, 1.82) is 0 Å². The van der Waals surface area contributed by atoms with Crippen LogP contribution < -0.4 is 17.0 Å². The predicted molar refractivity (Wildman–Crippen MR) is 59.3 cm³/mol. The molecule has 2 rings (SSSR count). The minimum atomic E-state index is -1.32. The van der Waals surface area contributed by atoms with Crippen LogP contribution in [0.2, 0.25) is 0 Å². The fraction of sp³-hybridized carbons (Fsp3) is 0.556. The van der Waals surface area contributed by atoms with Crippen LogP contribution in [0.4, 0.5) is 5.82 Å². The molecule has 1 saturated heterocycles. The molecule has 0 unspecified atom stereocenters. The summed E-state index contributed by atoms with van der Waals surface area (Å²) < 4.78 is 6.22. The third kappa shape index (κ3) is 2.09. The van der Waals surface area contributed by atoms with Crippen LogP contribution in [0, 0.1) is 0 Å². The molecule has 0 amide bonds. The highest BCUT2D eigenvalue weighted by Crippen LogP contribution is 2.27. The Morgan fingerprint density at radius 2 is 2.22 bits per heavy atom. The monoisotopic (exact) mass is 258 g/mol. The van der Waals surface area contributed by atoms with Crippen molar-refractivity contribution in [2.45, 2.75) is 24.5 Å². The molecule has 2 heterocycles. The minimum Gasteiger partial charge on any atom is -0.394 e. The van der Waals surface area contributed by atoms with E-state index >= 15 is 0 Å². The first-order chi connectivity index (χ1) is 8.58. The van der Waals surface area contributed by atoms with Crippen LogP contribution in [0.5, 0.6) is 0 Å². The number of anilines is 1. The molecule has 0 saturated carbocycles. The van der Waals surface area contributed by atoms with Crippen molar-refractivity contribution in [2.75, 3.05) is 12.0 Å². The Labute approximate surface area is 101 Å². The number of aromatic nitrogens is 2. The van der Waals surface area contributed by atoms with Gasteiger partial charge in [0.1, 0.15) is 24.1 Å². The van der Waals surface area contributed by atoms with E-state index in [4.69, 9.17) is 15.7 Å². The summed E-state index contributed by atoms with van der Waals surface area (Å²) in [6.45, 7) is -0.459. The lowest BCUT2D eigenvalue weighted by Gasteiger charge is -2.17. The summed E-state index contributed by atoms with van der Waals surface area (Å²) in [4.78, 5) is 15.2. The zero-order valence-corrected chi connectivity index (χ0v) is 9.30. The predicted octanol–water partition coefficient (Wildman–Crippen LogP) is -2.86. The number of hydrogen-bond donors (Lipinski definition) is 5. The lowest BCUT2D eigenvalue weighted by Crippen LogP contribution is -2.36. The molecule has 1 fully saturated rings. The third-order valence-corrected chi connectivity index (χ3v) is 2.77. The van der Waals surface area contributed by atoms with Gasteiger partial charge in [0, 0.05) is 6.20 Å². The fourth-order valence-corrected chi connectivity index (χ4v) is 1.80. The Balaban J connectivity index is 2.30. The molecule has 0 spiro atoms. The molecule has 1 aliphatic rings. The number of nitrogens with two attached hydrogens (primary N) is 1. The number of aliphatic hydroxyl groups is 3. The van der Waals surface area contributed by atoms with E-state index in [9.17, 15) is 15.0 Å². The van der Waals surface area contributed by atoms with Crippen molar-refractivity contribution in [2.24, 2.45) is 5.84 Å². The van der Waals surface area contributed by atoms with Gasteiger partial charge in [-0.15, -0.1) is 0 Å². The summed E-state index contributed by atoms with van der Waals surface area (Å²) in [5, 5.41) is 28.3. The van der Waals surface area contributed by atoms with Crippen LogP contribution in [0.3, 0.4) is 0 Å². The number of nitrogens with zero attached hydrogens (tertiary/aromatic N) is 2. The highest BCUT2D eigenvalue weighted by Gasteiger charge is 2.43. The summed E-state index contributed by atoms with van der Waals surface area (Å²) in [5.74, 6) is 5.27. The maximum Gasteiger partial charge on any atom is 0.351 e. The third-order valence-electron chi connectivity index (χ3n) is 2.77. The number of nitrogen functional groups attached to an aromatic ring is 1. The maximum atomic E-state index is 11.7. The van der Waals surface area contributed by atoms with Crippen molar-refractivity contribution in [3.8, 4) is 0 Å². The van der Waals surface area contributed by atoms with Gasteiger partial charge in [0.05, 0.1) is 6.61 Å². The molecule has 0 aromatic carbocycles. The molecule has 1 aromatic rings. The van der Waals surface area contributed by atoms with Gasteiger partial charge < -0.3 is 25.5 Å². The van der Waals surface area contributed by atoms with Gasteiger partial charge in [-0.3, -0.25) is 4.57 Å². The lowest BCUT2D eigenvalue weighted by atomic mass is 10.1. The number of nitrogens with one attached hydrogen (secondary N) is 1. The second-order valence-electron chi connectivity index (χ2n) is 3.88. The summed E-state index contributed by atoms with van der Waals surface area (Å²) >= 11 is 0. The van der Waals surface area contributed by atoms with Crippen LogP contribution >= 0.6 is 0 Å². The van der Waals surface area contributed by atoms with Crippen LogP contribution in [0.15, 0.2) is 17.1 Å². The van der Waals surface area contributed by atoms with Crippen LogP contribution in [-0.4, -0.2) is 49.8 Å². The normalized spacial score (nSPS) is 31.6. The largest absolute Gasteiger partial charge is 0.394 e. The van der Waals surface area contributed by atoms with Crippen LogP contribution in [-0.2, 0) is 4.74 Å². The molecule has 0 aliphatic carbocycles. The molecule has 1 aromatic heterocycles. The molecule has 6 N–H and O–H groups in total. The maximum absolute atomic E-state index is 11.7. The number of ether oxygens (including phenoxy) is 1. The van der Waals surface area contributed by atoms with Gasteiger partial charge >= 0.3 is 5.69 Å². The molecule has 0 radical (unpaired) electrons. The van der Waals surface area contributed by atoms with Gasteiger partial charge in [-0.05, 0) is 6.07 Å². The van der Waals surface area contributed by atoms with Gasteiger partial charge in [-0.2, -0.15) is 4.98 Å². The minimum absolute atomic E-state index is 0.169. The van der Waals surface area contributed by atoms with E-state index < -0.39 is 36.8 Å². The average molecular weight is 258 g/mol. The van der Waals surface area contributed by atoms with Gasteiger partial charge in [-0.25, -0.2) is 10.6 Å². The zero-order valence-electron chi connectivity index (χ0n) is 9.30. The van der Waals surface area contributed by atoms with E-state index in [2.05, 4.69) is 10.4 Å². The fourth-order valence-electron chi connectivity index (χ4n) is 1.80. The van der Waals surface area contributed by atoms with Gasteiger partial charge in [0.25, 0.3) is 0 Å². The van der Waals surface area contributed by atoms with Crippen molar-refractivity contribution < 1.29 is 20.1 Å². The average Bonchev–Trinajstić information content (AvgIpc) is 2.66. The molecule has 1 aliphatic heterocycles. The van der Waals surface area contributed by atoms with Gasteiger partial charge in [0.15, 0.2) is 6.23 Å². The van der Waals surface area contributed by atoms with E-state index in [1.807, 2.05) is 0 Å². The van der Waals surface area contributed by atoms with Crippen LogP contribution in [0.1, 0.15) is 6.23 Å². The van der Waals surface area contributed by atoms with Crippen molar-refractivity contribution >= 4 is 5.82 Å². The molecular formula is C9H14N4O5. The van der Waals surface area contributed by atoms with E-state index in [1.165, 1.54) is 12.3 Å². The second kappa shape index (κ2) is 5.00. The summed E-state index contributed by atoms with van der Waals surface area (Å²) in [6, 6.07) is 1.41. The molecule has 9 heteroatoms. The van der Waals surface area contributed by atoms with Crippen molar-refractivity contribution in [3.05, 3.63) is 22.7 Å². The highest BCUT2D eigenvalue weighted by atomic mass is 16.6. The summed E-state index contributed by atoms with van der Waals surface area (Å²) in [7, 11) is 0. The first-order valence-electron chi connectivity index (χ1n) is 5.26. The van der Waals surface area contributed by atoms with Crippen molar-refractivity contribution in [1.82, 2.24) is 9.55 Å². The second-order valence-corrected chi connectivity index (χ2v) is 3.88. The Morgan fingerprint density at radius 3 is 2.72 bits per heavy atom. The van der Waals surface area contributed by atoms with Gasteiger partial charge in [-0.1, -0.05) is 0 Å². The molecule has 18 heavy (non-hydrogen) atoms. The zero-order chi connectivity index (χ0) is 13.3. The number of hydrazine groups is 1. The summed E-state index contributed by atoms with van der Waals surface area (Å²) in [6.07, 6.45) is -3.30. The van der Waals surface area contributed by atoms with E-state index in [-0.39, 0.29) is 5.82 Å². The lowest BCUT2D eigenvalue weighted by molar-refractivity contribution is -0.0549. The number of aliphatic hydroxyl groups excluding tert-OH is 3. The highest BCUT2D eigenvalue weighted by molar-refractivity contribution is 5.29. The molecule has 9 nitrogen and oxygen atoms in total. The Hall–Kier alpha value is -1.52. The first-order valence-corrected chi connectivity index (χ1v) is 5.26. The Bertz CT molecular complexity index is 478. The van der Waals surface area contributed by atoms with Crippen LogP contribution in [0.25, 0.3) is 0 Å². The van der Waals surface area contributed by atoms with E-state index in [1.54, 1.807) is 0 Å². The number of rotatable bonds is 3. The molecule has 100 valence electrons. The standard InChI is InChI=1S/C9H14N4O5/c10-12-5-1-2-13(9(17)11-5)8-7(16)6(15)4(3-14)18-8/h1-2,4,6-8,14-16H,3,10H2,(H,11,12,17)/t4-,6+,7+,8+/m0/s1. The smallest absolute Gasteiger partial charge is 0.351 e.